The highest BCUT2D eigenvalue weighted by molar-refractivity contribution is 8.00. The SMILES string of the molecule is CC(Sc1ccccc1C(=O)NCC(=O)C(C)(C)C)C(=O)Nc1ccccc1. The van der Waals surface area contributed by atoms with Crippen LogP contribution in [0.15, 0.2) is 59.5 Å². The van der Waals surface area contributed by atoms with Crippen molar-refractivity contribution < 1.29 is 14.4 Å². The van der Waals surface area contributed by atoms with Crippen LogP contribution in [0.25, 0.3) is 0 Å². The summed E-state index contributed by atoms with van der Waals surface area (Å²) in [6.07, 6.45) is 0. The van der Waals surface area contributed by atoms with Crippen LogP contribution >= 0.6 is 11.8 Å². The fraction of sp³-hybridized carbons (Fsp3) is 0.318. The van der Waals surface area contributed by atoms with Gasteiger partial charge < -0.3 is 10.6 Å². The molecule has 2 aromatic carbocycles. The third kappa shape index (κ3) is 6.23. The molecule has 0 saturated carbocycles. The second-order valence-electron chi connectivity index (χ2n) is 7.47. The van der Waals surface area contributed by atoms with Crippen molar-refractivity contribution in [3.8, 4) is 0 Å². The molecule has 0 heterocycles. The molecule has 0 fully saturated rings. The monoisotopic (exact) mass is 398 g/mol. The Morgan fingerprint density at radius 2 is 1.57 bits per heavy atom. The minimum absolute atomic E-state index is 0.0224. The fourth-order valence-electron chi connectivity index (χ4n) is 2.29. The molecule has 1 atom stereocenters. The van der Waals surface area contributed by atoms with Gasteiger partial charge in [-0.25, -0.2) is 0 Å². The Morgan fingerprint density at radius 1 is 0.964 bits per heavy atom. The van der Waals surface area contributed by atoms with Gasteiger partial charge in [0.1, 0.15) is 0 Å². The van der Waals surface area contributed by atoms with Gasteiger partial charge in [0.2, 0.25) is 5.91 Å². The zero-order chi connectivity index (χ0) is 20.7. The van der Waals surface area contributed by atoms with Gasteiger partial charge in [-0.05, 0) is 31.2 Å². The predicted octanol–water partition coefficient (Wildman–Crippen LogP) is 4.15. The minimum atomic E-state index is -0.508. The molecule has 1 unspecified atom stereocenters. The number of carbonyl (C=O) groups excluding carboxylic acids is 3. The lowest BCUT2D eigenvalue weighted by Crippen LogP contribution is -2.35. The van der Waals surface area contributed by atoms with Crippen molar-refractivity contribution in [2.75, 3.05) is 11.9 Å². The first-order valence-corrected chi connectivity index (χ1v) is 9.99. The van der Waals surface area contributed by atoms with Gasteiger partial charge >= 0.3 is 0 Å². The van der Waals surface area contributed by atoms with E-state index in [1.165, 1.54) is 11.8 Å². The molecule has 2 rings (SSSR count). The molecule has 0 bridgehead atoms. The molecule has 0 saturated heterocycles. The van der Waals surface area contributed by atoms with Gasteiger partial charge in [0.15, 0.2) is 5.78 Å². The molecule has 6 heteroatoms. The van der Waals surface area contributed by atoms with Crippen LogP contribution in [0.5, 0.6) is 0 Å². The molecule has 0 aliphatic rings. The Hall–Kier alpha value is -2.60. The van der Waals surface area contributed by atoms with E-state index in [9.17, 15) is 14.4 Å². The smallest absolute Gasteiger partial charge is 0.252 e. The number of thioether (sulfide) groups is 1. The van der Waals surface area contributed by atoms with Gasteiger partial charge in [0.25, 0.3) is 5.91 Å². The summed E-state index contributed by atoms with van der Waals surface area (Å²) >= 11 is 1.31. The molecule has 0 radical (unpaired) electrons. The standard InChI is InChI=1S/C22H26N2O3S/c1-15(20(26)24-16-10-6-5-7-11-16)28-18-13-9-8-12-17(18)21(27)23-14-19(25)22(2,3)4/h5-13,15H,14H2,1-4H3,(H,23,27)(H,24,26). The van der Waals surface area contributed by atoms with Gasteiger partial charge in [-0.1, -0.05) is 51.1 Å². The summed E-state index contributed by atoms with van der Waals surface area (Å²) in [4.78, 5) is 37.8. The van der Waals surface area contributed by atoms with Gasteiger partial charge in [-0.3, -0.25) is 14.4 Å². The summed E-state index contributed by atoms with van der Waals surface area (Å²) < 4.78 is 0. The number of anilines is 1. The lowest BCUT2D eigenvalue weighted by atomic mass is 9.91. The minimum Gasteiger partial charge on any atom is -0.345 e. The quantitative estimate of drug-likeness (QED) is 0.687. The molecule has 0 aromatic heterocycles. The lowest BCUT2D eigenvalue weighted by Gasteiger charge is -2.18. The number of para-hydroxylation sites is 1. The van der Waals surface area contributed by atoms with Crippen molar-refractivity contribution in [3.05, 3.63) is 60.2 Å². The van der Waals surface area contributed by atoms with E-state index in [0.717, 1.165) is 5.69 Å². The summed E-state index contributed by atoms with van der Waals surface area (Å²) in [5.74, 6) is -0.507. The molecule has 2 N–H and O–H groups in total. The maximum absolute atomic E-state index is 12.6. The lowest BCUT2D eigenvalue weighted by molar-refractivity contribution is -0.125. The summed E-state index contributed by atoms with van der Waals surface area (Å²) in [6, 6.07) is 16.3. The van der Waals surface area contributed by atoms with Crippen LogP contribution in [0.4, 0.5) is 5.69 Å². The predicted molar refractivity (Wildman–Crippen MR) is 114 cm³/mol. The maximum atomic E-state index is 12.6. The zero-order valence-corrected chi connectivity index (χ0v) is 17.4. The molecule has 5 nitrogen and oxygen atoms in total. The van der Waals surface area contributed by atoms with Crippen LogP contribution in [0.3, 0.4) is 0 Å². The Balaban J connectivity index is 2.03. The largest absolute Gasteiger partial charge is 0.345 e. The molecule has 148 valence electrons. The van der Waals surface area contributed by atoms with E-state index >= 15 is 0 Å². The molecule has 2 aromatic rings. The molecule has 2 amide bonds. The average Bonchev–Trinajstić information content (AvgIpc) is 2.66. The van der Waals surface area contributed by atoms with E-state index < -0.39 is 10.7 Å². The van der Waals surface area contributed by atoms with Crippen molar-refractivity contribution in [1.29, 1.82) is 0 Å². The van der Waals surface area contributed by atoms with E-state index in [1.54, 1.807) is 25.1 Å². The van der Waals surface area contributed by atoms with Crippen LogP contribution in [-0.2, 0) is 9.59 Å². The third-order valence-corrected chi connectivity index (χ3v) is 5.27. The van der Waals surface area contributed by atoms with E-state index in [0.29, 0.717) is 10.5 Å². The number of amides is 2. The van der Waals surface area contributed by atoms with Gasteiger partial charge in [-0.2, -0.15) is 0 Å². The van der Waals surface area contributed by atoms with E-state index in [2.05, 4.69) is 10.6 Å². The van der Waals surface area contributed by atoms with Gasteiger partial charge in [-0.15, -0.1) is 11.8 Å². The highest BCUT2D eigenvalue weighted by atomic mass is 32.2. The molecular weight excluding hydrogens is 372 g/mol. The normalized spacial score (nSPS) is 12.1. The molecular formula is C22H26N2O3S. The van der Waals surface area contributed by atoms with Crippen LogP contribution in [0, 0.1) is 5.41 Å². The Kier molecular flexibility index (Phi) is 7.40. The maximum Gasteiger partial charge on any atom is 0.252 e. The highest BCUT2D eigenvalue weighted by Crippen LogP contribution is 2.27. The summed E-state index contributed by atoms with van der Waals surface area (Å²) in [7, 11) is 0. The van der Waals surface area contributed by atoms with Crippen molar-refractivity contribution in [3.63, 3.8) is 0 Å². The van der Waals surface area contributed by atoms with Gasteiger partial charge in [0, 0.05) is 16.0 Å². The summed E-state index contributed by atoms with van der Waals surface area (Å²) in [6.45, 7) is 7.22. The topological polar surface area (TPSA) is 75.3 Å². The first kappa shape index (κ1) is 21.7. The van der Waals surface area contributed by atoms with E-state index in [4.69, 9.17) is 0 Å². The third-order valence-electron chi connectivity index (χ3n) is 4.09. The van der Waals surface area contributed by atoms with Crippen LogP contribution < -0.4 is 10.6 Å². The number of ketones is 1. The highest BCUT2D eigenvalue weighted by Gasteiger charge is 2.23. The number of nitrogens with one attached hydrogen (secondary N) is 2. The Morgan fingerprint density at radius 3 is 2.21 bits per heavy atom. The number of carbonyl (C=O) groups is 3. The van der Waals surface area contributed by atoms with Crippen molar-refractivity contribution in [2.45, 2.75) is 37.8 Å². The second kappa shape index (κ2) is 9.55. The van der Waals surface area contributed by atoms with Gasteiger partial charge in [0.05, 0.1) is 17.4 Å². The molecule has 0 aliphatic carbocycles. The number of hydrogen-bond acceptors (Lipinski definition) is 4. The van der Waals surface area contributed by atoms with Crippen molar-refractivity contribution >= 4 is 35.0 Å². The Labute approximate surface area is 170 Å². The van der Waals surface area contributed by atoms with Crippen LogP contribution in [-0.4, -0.2) is 29.4 Å². The summed E-state index contributed by atoms with van der Waals surface area (Å²) in [5.41, 5.74) is 0.672. The van der Waals surface area contributed by atoms with Crippen LogP contribution in [0.2, 0.25) is 0 Å². The van der Waals surface area contributed by atoms with Crippen molar-refractivity contribution in [1.82, 2.24) is 5.32 Å². The molecule has 0 spiro atoms. The average molecular weight is 399 g/mol. The van der Waals surface area contributed by atoms with E-state index in [1.807, 2.05) is 57.2 Å². The van der Waals surface area contributed by atoms with Crippen molar-refractivity contribution in [2.24, 2.45) is 5.41 Å². The molecule has 28 heavy (non-hydrogen) atoms. The number of hydrogen-bond donors (Lipinski definition) is 2. The number of benzene rings is 2. The summed E-state index contributed by atoms with van der Waals surface area (Å²) in [5, 5.41) is 5.15. The van der Waals surface area contributed by atoms with E-state index in [-0.39, 0.29) is 24.1 Å². The first-order valence-electron chi connectivity index (χ1n) is 9.11. The van der Waals surface area contributed by atoms with Crippen LogP contribution in [0.1, 0.15) is 38.1 Å². The zero-order valence-electron chi connectivity index (χ0n) is 16.6. The number of Topliss-reactive ketones (excluding diaryl/α,β-unsaturated/α-hetero) is 1. The fourth-order valence-corrected chi connectivity index (χ4v) is 3.28. The first-order chi connectivity index (χ1) is 13.2. The molecule has 0 aliphatic heterocycles. The second-order valence-corrected chi connectivity index (χ2v) is 8.85. The Bertz CT molecular complexity index is 844. The number of rotatable bonds is 7.